The third-order valence-corrected chi connectivity index (χ3v) is 1.92. The van der Waals surface area contributed by atoms with Crippen molar-refractivity contribution in [2.45, 2.75) is 66.7 Å². The Morgan fingerprint density at radius 3 is 1.55 bits per heavy atom. The summed E-state index contributed by atoms with van der Waals surface area (Å²) in [6.45, 7) is 10.3. The van der Waals surface area contributed by atoms with Gasteiger partial charge in [0.1, 0.15) is 0 Å². The average Bonchev–Trinajstić information content (AvgIpc) is 2.05. The summed E-state index contributed by atoms with van der Waals surface area (Å²) in [5.74, 6) is 1.13. The van der Waals surface area contributed by atoms with Gasteiger partial charge in [-0.25, -0.2) is 0 Å². The van der Waals surface area contributed by atoms with Crippen LogP contribution in [0.25, 0.3) is 0 Å². The maximum absolute atomic E-state index is 2.28. The SMILES string of the molecule is CC.CC.CCCC1CCC1. The van der Waals surface area contributed by atoms with Crippen molar-refractivity contribution >= 4 is 0 Å². The van der Waals surface area contributed by atoms with E-state index in [0.29, 0.717) is 0 Å². The molecular formula is C11H26. The van der Waals surface area contributed by atoms with Crippen LogP contribution in [0, 0.1) is 5.92 Å². The van der Waals surface area contributed by atoms with Crippen molar-refractivity contribution in [2.75, 3.05) is 0 Å². The summed E-state index contributed by atoms with van der Waals surface area (Å²) >= 11 is 0. The quantitative estimate of drug-likeness (QED) is 0.549. The molecule has 0 aromatic rings. The van der Waals surface area contributed by atoms with Gasteiger partial charge < -0.3 is 0 Å². The third kappa shape index (κ3) is 7.90. The molecular weight excluding hydrogens is 132 g/mol. The normalized spacial score (nSPS) is 15.0. The molecule has 1 rings (SSSR count). The van der Waals surface area contributed by atoms with Gasteiger partial charge in [0, 0.05) is 0 Å². The zero-order valence-corrected chi connectivity index (χ0v) is 9.11. The Hall–Kier alpha value is 0. The molecule has 0 saturated heterocycles. The van der Waals surface area contributed by atoms with E-state index in [1.54, 1.807) is 0 Å². The van der Waals surface area contributed by atoms with Gasteiger partial charge in [-0.05, 0) is 5.92 Å². The smallest absolute Gasteiger partial charge is 0.0414 e. The predicted octanol–water partition coefficient (Wildman–Crippen LogP) is 4.64. The molecule has 0 nitrogen and oxygen atoms in total. The number of rotatable bonds is 2. The fourth-order valence-corrected chi connectivity index (χ4v) is 1.19. The Kier molecular flexibility index (Phi) is 15.6. The van der Waals surface area contributed by atoms with Gasteiger partial charge in [-0.2, -0.15) is 0 Å². The van der Waals surface area contributed by atoms with Gasteiger partial charge in [-0.1, -0.05) is 66.7 Å². The first-order valence-corrected chi connectivity index (χ1v) is 5.43. The second kappa shape index (κ2) is 12.7. The highest BCUT2D eigenvalue weighted by atomic mass is 14.2. The molecule has 0 radical (unpaired) electrons. The molecule has 0 unspecified atom stereocenters. The summed E-state index contributed by atoms with van der Waals surface area (Å²) in [7, 11) is 0. The van der Waals surface area contributed by atoms with Gasteiger partial charge >= 0.3 is 0 Å². The first-order chi connectivity index (χ1) is 5.43. The zero-order valence-electron chi connectivity index (χ0n) is 9.11. The summed E-state index contributed by atoms with van der Waals surface area (Å²) in [6.07, 6.45) is 7.43. The lowest BCUT2D eigenvalue weighted by Crippen LogP contribution is -2.09. The van der Waals surface area contributed by atoms with E-state index in [4.69, 9.17) is 0 Å². The standard InChI is InChI=1S/C7H14.2C2H6/c1-2-4-7-5-3-6-7;2*1-2/h7H,2-6H2,1H3;2*1-2H3. The van der Waals surface area contributed by atoms with Crippen LogP contribution in [-0.4, -0.2) is 0 Å². The van der Waals surface area contributed by atoms with Crippen LogP contribution in [0.4, 0.5) is 0 Å². The average molecular weight is 158 g/mol. The maximum atomic E-state index is 2.28. The highest BCUT2D eigenvalue weighted by Gasteiger charge is 2.14. The summed E-state index contributed by atoms with van der Waals surface area (Å²) in [5.41, 5.74) is 0. The lowest BCUT2D eigenvalue weighted by Gasteiger charge is -2.24. The van der Waals surface area contributed by atoms with Crippen LogP contribution in [0.15, 0.2) is 0 Å². The minimum absolute atomic E-state index is 1.13. The van der Waals surface area contributed by atoms with Gasteiger partial charge in [0.2, 0.25) is 0 Å². The van der Waals surface area contributed by atoms with Crippen molar-refractivity contribution in [3.8, 4) is 0 Å². The highest BCUT2D eigenvalue weighted by Crippen LogP contribution is 2.29. The fourth-order valence-electron chi connectivity index (χ4n) is 1.19. The van der Waals surface area contributed by atoms with E-state index in [1.807, 2.05) is 27.7 Å². The van der Waals surface area contributed by atoms with Gasteiger partial charge in [0.05, 0.1) is 0 Å². The van der Waals surface area contributed by atoms with E-state index in [0.717, 1.165) is 5.92 Å². The molecule has 0 N–H and O–H groups in total. The van der Waals surface area contributed by atoms with E-state index >= 15 is 0 Å². The summed E-state index contributed by atoms with van der Waals surface area (Å²) in [5, 5.41) is 0. The van der Waals surface area contributed by atoms with Gasteiger partial charge in [-0.15, -0.1) is 0 Å². The lowest BCUT2D eigenvalue weighted by atomic mass is 9.82. The molecule has 11 heavy (non-hydrogen) atoms. The van der Waals surface area contributed by atoms with Crippen LogP contribution < -0.4 is 0 Å². The molecule has 0 heteroatoms. The molecule has 0 spiro atoms. The summed E-state index contributed by atoms with van der Waals surface area (Å²) < 4.78 is 0. The van der Waals surface area contributed by atoms with Gasteiger partial charge in [0.25, 0.3) is 0 Å². The van der Waals surface area contributed by atoms with Crippen molar-refractivity contribution in [3.63, 3.8) is 0 Å². The molecule has 1 aliphatic carbocycles. The largest absolute Gasteiger partial charge is 0.0683 e. The highest BCUT2D eigenvalue weighted by molar-refractivity contribution is 4.67. The molecule has 0 aliphatic heterocycles. The van der Waals surface area contributed by atoms with Crippen LogP contribution in [0.1, 0.15) is 66.7 Å². The van der Waals surface area contributed by atoms with Crippen molar-refractivity contribution in [1.82, 2.24) is 0 Å². The maximum Gasteiger partial charge on any atom is -0.0414 e. The summed E-state index contributed by atoms with van der Waals surface area (Å²) in [4.78, 5) is 0. The Labute approximate surface area is 73.4 Å². The zero-order chi connectivity index (χ0) is 9.11. The fraction of sp³-hybridized carbons (Fsp3) is 1.00. The number of hydrogen-bond acceptors (Lipinski definition) is 0. The monoisotopic (exact) mass is 158 g/mol. The molecule has 1 aliphatic rings. The first-order valence-electron chi connectivity index (χ1n) is 5.43. The van der Waals surface area contributed by atoms with Crippen LogP contribution >= 0.6 is 0 Å². The minimum Gasteiger partial charge on any atom is -0.0683 e. The van der Waals surface area contributed by atoms with Crippen molar-refractivity contribution in [3.05, 3.63) is 0 Å². The Bertz CT molecular complexity index is 44.0. The first kappa shape index (κ1) is 13.6. The minimum atomic E-state index is 1.13. The number of hydrogen-bond donors (Lipinski definition) is 0. The van der Waals surface area contributed by atoms with Crippen LogP contribution in [0.2, 0.25) is 0 Å². The van der Waals surface area contributed by atoms with Gasteiger partial charge in [-0.3, -0.25) is 0 Å². The molecule has 0 amide bonds. The van der Waals surface area contributed by atoms with Crippen molar-refractivity contribution in [1.29, 1.82) is 0 Å². The van der Waals surface area contributed by atoms with Crippen LogP contribution in [0.3, 0.4) is 0 Å². The Morgan fingerprint density at radius 2 is 1.45 bits per heavy atom. The van der Waals surface area contributed by atoms with Crippen LogP contribution in [-0.2, 0) is 0 Å². The van der Waals surface area contributed by atoms with Crippen LogP contribution in [0.5, 0.6) is 0 Å². The molecule has 70 valence electrons. The predicted molar refractivity (Wildman–Crippen MR) is 54.9 cm³/mol. The van der Waals surface area contributed by atoms with E-state index in [9.17, 15) is 0 Å². The molecule has 0 atom stereocenters. The molecule has 1 fully saturated rings. The molecule has 0 bridgehead atoms. The van der Waals surface area contributed by atoms with E-state index in [1.165, 1.54) is 32.1 Å². The van der Waals surface area contributed by atoms with Gasteiger partial charge in [0.15, 0.2) is 0 Å². The Morgan fingerprint density at radius 1 is 1.00 bits per heavy atom. The van der Waals surface area contributed by atoms with Crippen molar-refractivity contribution < 1.29 is 0 Å². The second-order valence-electron chi connectivity index (χ2n) is 2.59. The Balaban J connectivity index is 0. The molecule has 0 aromatic carbocycles. The van der Waals surface area contributed by atoms with E-state index in [2.05, 4.69) is 6.92 Å². The lowest BCUT2D eigenvalue weighted by molar-refractivity contribution is 0.294. The van der Waals surface area contributed by atoms with E-state index < -0.39 is 0 Å². The molecule has 0 aromatic heterocycles. The van der Waals surface area contributed by atoms with E-state index in [-0.39, 0.29) is 0 Å². The van der Waals surface area contributed by atoms with Crippen molar-refractivity contribution in [2.24, 2.45) is 5.92 Å². The summed E-state index contributed by atoms with van der Waals surface area (Å²) in [6, 6.07) is 0. The second-order valence-corrected chi connectivity index (χ2v) is 2.59. The topological polar surface area (TPSA) is 0 Å². The molecule has 0 heterocycles. The molecule has 1 saturated carbocycles. The third-order valence-electron chi connectivity index (χ3n) is 1.92.